The van der Waals surface area contributed by atoms with Crippen LogP contribution < -0.4 is 10.1 Å². The third-order valence-electron chi connectivity index (χ3n) is 3.79. The number of nitrogens with zero attached hydrogens (tertiary/aromatic N) is 1. The molecule has 1 heterocycles. The van der Waals surface area contributed by atoms with E-state index in [0.29, 0.717) is 11.6 Å². The van der Waals surface area contributed by atoms with Crippen molar-refractivity contribution in [1.29, 1.82) is 0 Å². The van der Waals surface area contributed by atoms with Crippen LogP contribution in [0.2, 0.25) is 0 Å². The van der Waals surface area contributed by atoms with Gasteiger partial charge in [-0.3, -0.25) is 4.79 Å². The quantitative estimate of drug-likeness (QED) is 0.897. The standard InChI is InChI=1S/C16H24N2O2/c1-3-9-18-10-7-14(8-11-18)17-16(19)13-5-4-6-15(12-13)20-2/h4-6,12,14H,3,7-11H2,1-2H3,(H,17,19). The van der Waals surface area contributed by atoms with Gasteiger partial charge in [0.2, 0.25) is 0 Å². The largest absolute Gasteiger partial charge is 0.497 e. The van der Waals surface area contributed by atoms with Crippen molar-refractivity contribution in [2.24, 2.45) is 0 Å². The fraction of sp³-hybridized carbons (Fsp3) is 0.562. The van der Waals surface area contributed by atoms with E-state index in [4.69, 9.17) is 4.74 Å². The molecule has 1 aromatic rings. The number of carbonyl (C=O) groups excluding carboxylic acids is 1. The van der Waals surface area contributed by atoms with Crippen molar-refractivity contribution in [3.63, 3.8) is 0 Å². The summed E-state index contributed by atoms with van der Waals surface area (Å²) < 4.78 is 5.15. The van der Waals surface area contributed by atoms with E-state index >= 15 is 0 Å². The molecule has 0 saturated carbocycles. The first kappa shape index (κ1) is 14.9. The van der Waals surface area contributed by atoms with Crippen LogP contribution in [-0.2, 0) is 0 Å². The highest BCUT2D eigenvalue weighted by atomic mass is 16.5. The van der Waals surface area contributed by atoms with E-state index in [-0.39, 0.29) is 5.91 Å². The van der Waals surface area contributed by atoms with Gasteiger partial charge in [-0.1, -0.05) is 13.0 Å². The minimum Gasteiger partial charge on any atom is -0.497 e. The summed E-state index contributed by atoms with van der Waals surface area (Å²) >= 11 is 0. The number of nitrogens with one attached hydrogen (secondary N) is 1. The molecule has 1 aliphatic heterocycles. The average Bonchev–Trinajstić information content (AvgIpc) is 2.49. The molecule has 0 unspecified atom stereocenters. The van der Waals surface area contributed by atoms with Crippen molar-refractivity contribution in [3.8, 4) is 5.75 Å². The number of hydrogen-bond donors (Lipinski definition) is 1. The normalized spacial score (nSPS) is 16.9. The molecule has 0 spiro atoms. The van der Waals surface area contributed by atoms with Gasteiger partial charge in [0.25, 0.3) is 5.91 Å². The second kappa shape index (κ2) is 7.29. The molecule has 4 nitrogen and oxygen atoms in total. The predicted octanol–water partition coefficient (Wildman–Crippen LogP) is 2.30. The third-order valence-corrected chi connectivity index (χ3v) is 3.79. The highest BCUT2D eigenvalue weighted by Gasteiger charge is 2.20. The van der Waals surface area contributed by atoms with E-state index in [1.807, 2.05) is 18.2 Å². The summed E-state index contributed by atoms with van der Waals surface area (Å²) in [4.78, 5) is 14.7. The zero-order valence-electron chi connectivity index (χ0n) is 12.4. The van der Waals surface area contributed by atoms with E-state index < -0.39 is 0 Å². The van der Waals surface area contributed by atoms with Crippen LogP contribution in [0.4, 0.5) is 0 Å². The lowest BCUT2D eigenvalue weighted by Crippen LogP contribution is -2.44. The van der Waals surface area contributed by atoms with Gasteiger partial charge in [-0.25, -0.2) is 0 Å². The Labute approximate surface area is 121 Å². The van der Waals surface area contributed by atoms with E-state index in [1.165, 1.54) is 6.42 Å². The van der Waals surface area contributed by atoms with Crippen molar-refractivity contribution in [2.45, 2.75) is 32.2 Å². The molecular formula is C16H24N2O2. The first-order chi connectivity index (χ1) is 9.72. The number of piperidine rings is 1. The Hall–Kier alpha value is -1.55. The minimum absolute atomic E-state index is 0.00200. The molecule has 1 aliphatic rings. The van der Waals surface area contributed by atoms with Crippen LogP contribution in [0.5, 0.6) is 5.75 Å². The maximum atomic E-state index is 12.2. The van der Waals surface area contributed by atoms with E-state index in [0.717, 1.165) is 38.2 Å². The minimum atomic E-state index is -0.00200. The van der Waals surface area contributed by atoms with Crippen LogP contribution in [0.3, 0.4) is 0 Å². The number of rotatable bonds is 5. The summed E-state index contributed by atoms with van der Waals surface area (Å²) in [7, 11) is 1.61. The number of amides is 1. The molecule has 1 fully saturated rings. The van der Waals surface area contributed by atoms with Gasteiger partial charge in [0.1, 0.15) is 5.75 Å². The fourth-order valence-corrected chi connectivity index (χ4v) is 2.65. The van der Waals surface area contributed by atoms with Gasteiger partial charge in [0.15, 0.2) is 0 Å². The summed E-state index contributed by atoms with van der Waals surface area (Å²) in [5, 5.41) is 3.13. The van der Waals surface area contributed by atoms with Crippen LogP contribution in [0, 0.1) is 0 Å². The summed E-state index contributed by atoms with van der Waals surface area (Å²) in [5.41, 5.74) is 0.667. The van der Waals surface area contributed by atoms with Gasteiger partial charge in [-0.15, -0.1) is 0 Å². The Balaban J connectivity index is 1.86. The lowest BCUT2D eigenvalue weighted by molar-refractivity contribution is 0.0911. The molecule has 0 atom stereocenters. The Morgan fingerprint density at radius 2 is 2.15 bits per heavy atom. The van der Waals surface area contributed by atoms with Crippen LogP contribution in [0.15, 0.2) is 24.3 Å². The van der Waals surface area contributed by atoms with Gasteiger partial charge < -0.3 is 15.0 Å². The van der Waals surface area contributed by atoms with E-state index in [2.05, 4.69) is 17.1 Å². The molecule has 0 aliphatic carbocycles. The van der Waals surface area contributed by atoms with Crippen LogP contribution in [-0.4, -0.2) is 43.6 Å². The maximum Gasteiger partial charge on any atom is 0.251 e. The monoisotopic (exact) mass is 276 g/mol. The molecule has 1 N–H and O–H groups in total. The SMILES string of the molecule is CCCN1CCC(NC(=O)c2cccc(OC)c2)CC1. The molecule has 0 bridgehead atoms. The van der Waals surface area contributed by atoms with Gasteiger partial charge in [0.05, 0.1) is 7.11 Å². The second-order valence-corrected chi connectivity index (χ2v) is 5.32. The van der Waals surface area contributed by atoms with Crippen molar-refractivity contribution in [3.05, 3.63) is 29.8 Å². The molecule has 0 aromatic heterocycles. The number of methoxy groups -OCH3 is 1. The number of hydrogen-bond acceptors (Lipinski definition) is 3. The van der Waals surface area contributed by atoms with Crippen LogP contribution >= 0.6 is 0 Å². The lowest BCUT2D eigenvalue weighted by atomic mass is 10.0. The molecule has 110 valence electrons. The second-order valence-electron chi connectivity index (χ2n) is 5.32. The number of benzene rings is 1. The summed E-state index contributed by atoms with van der Waals surface area (Å²) in [6.07, 6.45) is 3.27. The maximum absolute atomic E-state index is 12.2. The first-order valence-corrected chi connectivity index (χ1v) is 7.40. The highest BCUT2D eigenvalue weighted by Crippen LogP contribution is 2.14. The van der Waals surface area contributed by atoms with E-state index in [9.17, 15) is 4.79 Å². The summed E-state index contributed by atoms with van der Waals surface area (Å²) in [6, 6.07) is 7.59. The molecule has 4 heteroatoms. The van der Waals surface area contributed by atoms with Crippen molar-refractivity contribution < 1.29 is 9.53 Å². The summed E-state index contributed by atoms with van der Waals surface area (Å²) in [5.74, 6) is 0.716. The number of ether oxygens (including phenoxy) is 1. The zero-order valence-corrected chi connectivity index (χ0v) is 12.4. The summed E-state index contributed by atoms with van der Waals surface area (Å²) in [6.45, 7) is 5.53. The van der Waals surface area contributed by atoms with Gasteiger partial charge in [-0.2, -0.15) is 0 Å². The first-order valence-electron chi connectivity index (χ1n) is 7.40. The van der Waals surface area contributed by atoms with Crippen molar-refractivity contribution >= 4 is 5.91 Å². The van der Waals surface area contributed by atoms with Gasteiger partial charge >= 0.3 is 0 Å². The van der Waals surface area contributed by atoms with Crippen LogP contribution in [0.25, 0.3) is 0 Å². The number of likely N-dealkylation sites (tertiary alicyclic amines) is 1. The molecule has 2 rings (SSSR count). The predicted molar refractivity (Wildman–Crippen MR) is 80.2 cm³/mol. The lowest BCUT2D eigenvalue weighted by Gasteiger charge is -2.32. The molecule has 0 radical (unpaired) electrons. The molecule has 1 saturated heterocycles. The Kier molecular flexibility index (Phi) is 5.41. The smallest absolute Gasteiger partial charge is 0.251 e. The Morgan fingerprint density at radius 3 is 2.80 bits per heavy atom. The molecular weight excluding hydrogens is 252 g/mol. The topological polar surface area (TPSA) is 41.6 Å². The fourth-order valence-electron chi connectivity index (χ4n) is 2.65. The molecule has 1 amide bonds. The Bertz CT molecular complexity index is 440. The van der Waals surface area contributed by atoms with Gasteiger partial charge in [0, 0.05) is 24.7 Å². The zero-order chi connectivity index (χ0) is 14.4. The average molecular weight is 276 g/mol. The van der Waals surface area contributed by atoms with Crippen molar-refractivity contribution in [2.75, 3.05) is 26.7 Å². The third kappa shape index (κ3) is 3.97. The van der Waals surface area contributed by atoms with E-state index in [1.54, 1.807) is 13.2 Å². The van der Waals surface area contributed by atoms with Crippen molar-refractivity contribution in [1.82, 2.24) is 10.2 Å². The Morgan fingerprint density at radius 1 is 1.40 bits per heavy atom. The van der Waals surface area contributed by atoms with Gasteiger partial charge in [-0.05, 0) is 44.0 Å². The highest BCUT2D eigenvalue weighted by molar-refractivity contribution is 5.94. The van der Waals surface area contributed by atoms with Crippen LogP contribution in [0.1, 0.15) is 36.5 Å². The molecule has 1 aromatic carbocycles. The molecule has 20 heavy (non-hydrogen) atoms. The number of carbonyl (C=O) groups is 1.